The molecule has 0 atom stereocenters. The van der Waals surface area contributed by atoms with Crippen LogP contribution in [0.25, 0.3) is 76.0 Å². The van der Waals surface area contributed by atoms with Crippen molar-refractivity contribution in [2.45, 2.75) is 27.7 Å². The molecule has 0 saturated heterocycles. The molecule has 0 aliphatic heterocycles. The highest BCUT2D eigenvalue weighted by atomic mass is 16.3. The number of hydrogen-bond donors (Lipinski definition) is 2. The molecule has 46 heavy (non-hydrogen) atoms. The molecule has 9 rings (SSSR count). The maximum absolute atomic E-state index is 14.1. The quantitative estimate of drug-likeness (QED) is 0.154. The van der Waals surface area contributed by atoms with Gasteiger partial charge in [0.05, 0.1) is 11.4 Å². The Morgan fingerprint density at radius 2 is 0.652 bits per heavy atom. The summed E-state index contributed by atoms with van der Waals surface area (Å²) in [6, 6.07) is 27.0. The summed E-state index contributed by atoms with van der Waals surface area (Å²) in [5.74, 6) is -0.197. The zero-order chi connectivity index (χ0) is 31.8. The second kappa shape index (κ2) is 8.86. The van der Waals surface area contributed by atoms with Gasteiger partial charge in [-0.1, -0.05) is 36.4 Å². The molecule has 2 heterocycles. The predicted octanol–water partition coefficient (Wildman–Crippen LogP) is 8.43. The molecule has 0 fully saturated rings. The van der Waals surface area contributed by atoms with Gasteiger partial charge in [0.25, 0.3) is 11.1 Å². The zero-order valence-electron chi connectivity index (χ0n) is 25.7. The highest BCUT2D eigenvalue weighted by Crippen LogP contribution is 2.47. The third-order valence-corrected chi connectivity index (χ3v) is 9.60. The van der Waals surface area contributed by atoms with E-state index in [0.717, 1.165) is 54.6 Å². The van der Waals surface area contributed by atoms with Crippen LogP contribution < -0.4 is 11.1 Å². The van der Waals surface area contributed by atoms with E-state index in [1.54, 1.807) is 0 Å². The molecule has 2 aromatic heterocycles. The predicted molar refractivity (Wildman–Crippen MR) is 187 cm³/mol. The van der Waals surface area contributed by atoms with Crippen molar-refractivity contribution < 1.29 is 10.2 Å². The average Bonchev–Trinajstić information content (AvgIpc) is 3.01. The summed E-state index contributed by atoms with van der Waals surface area (Å²) in [6.45, 7) is 7.89. The minimum absolute atomic E-state index is 0.0983. The lowest BCUT2D eigenvalue weighted by Gasteiger charge is -2.21. The number of hydrogen-bond acceptors (Lipinski definition) is 4. The monoisotopic (exact) mass is 600 g/mol. The van der Waals surface area contributed by atoms with Gasteiger partial charge < -0.3 is 10.2 Å². The number of fused-ring (bicyclic) bond motifs is 2. The van der Waals surface area contributed by atoms with Crippen LogP contribution in [0.3, 0.4) is 0 Å². The molecule has 0 bridgehead atoms. The molecule has 6 heteroatoms. The Balaban J connectivity index is 1.42. The molecule has 0 radical (unpaired) electrons. The number of aryl methyl sites for hydroxylation is 4. The molecule has 0 saturated carbocycles. The number of aromatic nitrogens is 2. The Hall–Kier alpha value is -5.88. The highest BCUT2D eigenvalue weighted by Gasteiger charge is 2.24. The minimum atomic E-state index is -0.286. The van der Waals surface area contributed by atoms with E-state index in [-0.39, 0.29) is 22.9 Å². The van der Waals surface area contributed by atoms with Crippen LogP contribution in [0.5, 0.6) is 11.8 Å². The maximum Gasteiger partial charge on any atom is 0.265 e. The van der Waals surface area contributed by atoms with Crippen molar-refractivity contribution >= 4 is 64.6 Å². The Labute approximate surface area is 262 Å². The average molecular weight is 601 g/mol. The zero-order valence-corrected chi connectivity index (χ0v) is 25.7. The Bertz CT molecular complexity index is 2650. The van der Waals surface area contributed by atoms with Crippen LogP contribution in [0, 0.1) is 27.7 Å². The molecular formula is C40H28N2O4. The number of rotatable bonds is 2. The number of pyridine rings is 2. The molecule has 0 amide bonds. The van der Waals surface area contributed by atoms with E-state index in [1.807, 2.05) is 113 Å². The fraction of sp³-hybridized carbons (Fsp3) is 0.100. The van der Waals surface area contributed by atoms with E-state index < -0.39 is 0 Å². The third-order valence-electron chi connectivity index (χ3n) is 9.60. The molecule has 9 aromatic rings. The standard InChI is InChI=1S/C40H28N2O4/c1-19-13-20(2)16-23(15-19)41-37(43)29-9-5-25-27-7-11-31-36-32(40(46)42(39(31)45)24-17-21(3)14-22(4)18-24)12-8-28(34(27)36)26-6-10-30(38(41)44)35(29)33(25)26/h5-18,43,46H,1-4H3. The molecule has 0 spiro atoms. The van der Waals surface area contributed by atoms with Gasteiger partial charge in [0, 0.05) is 32.3 Å². The van der Waals surface area contributed by atoms with Gasteiger partial charge in [-0.25, -0.2) is 9.13 Å². The van der Waals surface area contributed by atoms with Gasteiger partial charge in [-0.2, -0.15) is 0 Å². The lowest BCUT2D eigenvalue weighted by molar-refractivity contribution is 0.443. The largest absolute Gasteiger partial charge is 0.494 e. The SMILES string of the molecule is Cc1cc(C)cc(-n2c(O)c3ccc4c5ccc6c(=O)n(-c7cc(C)cc(C)c7)c(O)c7ccc(c8ccc(c2=O)c3c48)c5c76)c1. The Morgan fingerprint density at radius 1 is 0.391 bits per heavy atom. The summed E-state index contributed by atoms with van der Waals surface area (Å²) in [6.07, 6.45) is 0. The van der Waals surface area contributed by atoms with Gasteiger partial charge in [-0.3, -0.25) is 9.59 Å². The van der Waals surface area contributed by atoms with Gasteiger partial charge in [-0.05, 0) is 131 Å². The van der Waals surface area contributed by atoms with E-state index in [9.17, 15) is 19.8 Å². The van der Waals surface area contributed by atoms with E-state index >= 15 is 0 Å². The second-order valence-corrected chi connectivity index (χ2v) is 12.8. The van der Waals surface area contributed by atoms with Crippen LogP contribution in [0.4, 0.5) is 0 Å². The Kier molecular flexibility index (Phi) is 5.10. The summed E-state index contributed by atoms with van der Waals surface area (Å²) in [5.41, 5.74) is 4.68. The fourth-order valence-corrected chi connectivity index (χ4v) is 7.93. The van der Waals surface area contributed by atoms with Gasteiger partial charge in [0.15, 0.2) is 0 Å². The van der Waals surface area contributed by atoms with Crippen molar-refractivity contribution in [2.75, 3.05) is 0 Å². The summed E-state index contributed by atoms with van der Waals surface area (Å²) in [4.78, 5) is 28.1. The van der Waals surface area contributed by atoms with Gasteiger partial charge >= 0.3 is 0 Å². The first-order valence-electron chi connectivity index (χ1n) is 15.3. The number of aromatic hydroxyl groups is 2. The van der Waals surface area contributed by atoms with Crippen molar-refractivity contribution in [1.29, 1.82) is 0 Å². The van der Waals surface area contributed by atoms with E-state index in [0.29, 0.717) is 43.7 Å². The van der Waals surface area contributed by atoms with E-state index in [4.69, 9.17) is 0 Å². The Morgan fingerprint density at radius 3 is 0.978 bits per heavy atom. The normalized spacial score (nSPS) is 12.3. The molecule has 6 nitrogen and oxygen atoms in total. The van der Waals surface area contributed by atoms with Crippen molar-refractivity contribution in [3.8, 4) is 23.1 Å². The third kappa shape index (κ3) is 3.30. The summed E-state index contributed by atoms with van der Waals surface area (Å²) in [7, 11) is 0. The first kappa shape index (κ1) is 26.5. The van der Waals surface area contributed by atoms with Gasteiger partial charge in [0.1, 0.15) is 0 Å². The number of benzene rings is 7. The molecular weight excluding hydrogens is 572 g/mol. The van der Waals surface area contributed by atoms with E-state index in [1.165, 1.54) is 9.13 Å². The topological polar surface area (TPSA) is 84.5 Å². The molecule has 2 N–H and O–H groups in total. The van der Waals surface area contributed by atoms with Crippen molar-refractivity contribution in [2.24, 2.45) is 0 Å². The van der Waals surface area contributed by atoms with Crippen molar-refractivity contribution in [1.82, 2.24) is 9.13 Å². The lowest BCUT2D eigenvalue weighted by atomic mass is 9.86. The van der Waals surface area contributed by atoms with Gasteiger partial charge in [-0.15, -0.1) is 0 Å². The summed E-state index contributed by atoms with van der Waals surface area (Å²) in [5, 5.41) is 32.3. The summed E-state index contributed by atoms with van der Waals surface area (Å²) >= 11 is 0. The van der Waals surface area contributed by atoms with Crippen LogP contribution in [0.15, 0.2) is 94.5 Å². The van der Waals surface area contributed by atoms with Crippen LogP contribution in [0.2, 0.25) is 0 Å². The molecule has 0 aliphatic rings. The van der Waals surface area contributed by atoms with Crippen LogP contribution in [-0.4, -0.2) is 19.3 Å². The molecule has 7 aromatic carbocycles. The summed E-state index contributed by atoms with van der Waals surface area (Å²) < 4.78 is 2.79. The van der Waals surface area contributed by atoms with Crippen LogP contribution >= 0.6 is 0 Å². The second-order valence-electron chi connectivity index (χ2n) is 12.8. The maximum atomic E-state index is 14.1. The van der Waals surface area contributed by atoms with Crippen LogP contribution in [0.1, 0.15) is 22.3 Å². The first-order chi connectivity index (χ1) is 22.1. The van der Waals surface area contributed by atoms with Crippen molar-refractivity contribution in [3.63, 3.8) is 0 Å². The van der Waals surface area contributed by atoms with E-state index in [2.05, 4.69) is 0 Å². The minimum Gasteiger partial charge on any atom is -0.494 e. The van der Waals surface area contributed by atoms with Gasteiger partial charge in [0.2, 0.25) is 11.8 Å². The number of nitrogens with zero attached hydrogens (tertiary/aromatic N) is 2. The molecule has 0 unspecified atom stereocenters. The van der Waals surface area contributed by atoms with Crippen LogP contribution in [-0.2, 0) is 0 Å². The smallest absolute Gasteiger partial charge is 0.265 e. The highest BCUT2D eigenvalue weighted by molar-refractivity contribution is 6.39. The molecule has 0 aliphatic carbocycles. The fourth-order valence-electron chi connectivity index (χ4n) is 7.93. The lowest BCUT2D eigenvalue weighted by Crippen LogP contribution is -2.19. The van der Waals surface area contributed by atoms with Crippen molar-refractivity contribution in [3.05, 3.63) is 128 Å². The molecule has 222 valence electrons. The first-order valence-corrected chi connectivity index (χ1v) is 15.3.